The van der Waals surface area contributed by atoms with Gasteiger partial charge in [0.15, 0.2) is 11.5 Å². The number of piperazine rings is 1. The maximum absolute atomic E-state index is 13.1. The van der Waals surface area contributed by atoms with Gasteiger partial charge in [-0.25, -0.2) is 10.9 Å². The SMILES string of the molecule is CCOc1ccc(C(=O)N2CCN(C3CC(c4ccc(Cl)cc4)NN3)CC2)cc1OCC. The predicted octanol–water partition coefficient (Wildman–Crippen LogP) is 3.46. The largest absolute Gasteiger partial charge is 0.490 e. The van der Waals surface area contributed by atoms with E-state index in [1.165, 1.54) is 5.56 Å². The molecule has 2 unspecified atom stereocenters. The number of hydrazine groups is 1. The highest BCUT2D eigenvalue weighted by Gasteiger charge is 2.32. The van der Waals surface area contributed by atoms with E-state index in [9.17, 15) is 4.79 Å². The fourth-order valence-electron chi connectivity index (χ4n) is 4.30. The first-order chi connectivity index (χ1) is 15.6. The second-order valence-electron chi connectivity index (χ2n) is 8.00. The number of nitrogens with one attached hydrogen (secondary N) is 2. The lowest BCUT2D eigenvalue weighted by Crippen LogP contribution is -2.55. The molecule has 2 heterocycles. The van der Waals surface area contributed by atoms with E-state index in [1.807, 2.05) is 43.0 Å². The number of halogens is 1. The molecule has 0 radical (unpaired) electrons. The Bertz CT molecular complexity index is 916. The number of amides is 1. The van der Waals surface area contributed by atoms with Gasteiger partial charge < -0.3 is 14.4 Å². The number of hydrogen-bond donors (Lipinski definition) is 2. The summed E-state index contributed by atoms with van der Waals surface area (Å²) in [7, 11) is 0. The minimum atomic E-state index is 0.0326. The zero-order chi connectivity index (χ0) is 22.5. The van der Waals surface area contributed by atoms with Gasteiger partial charge in [0.25, 0.3) is 5.91 Å². The quantitative estimate of drug-likeness (QED) is 0.662. The minimum absolute atomic E-state index is 0.0326. The molecule has 2 aromatic rings. The normalized spacial score (nSPS) is 21.5. The molecule has 0 bridgehead atoms. The van der Waals surface area contributed by atoms with Crippen LogP contribution in [0, 0.1) is 0 Å². The lowest BCUT2D eigenvalue weighted by Gasteiger charge is -2.37. The zero-order valence-corrected chi connectivity index (χ0v) is 19.4. The Morgan fingerprint density at radius 1 is 0.969 bits per heavy atom. The Labute approximate surface area is 194 Å². The predicted molar refractivity (Wildman–Crippen MR) is 125 cm³/mol. The first-order valence-electron chi connectivity index (χ1n) is 11.3. The number of benzene rings is 2. The summed E-state index contributed by atoms with van der Waals surface area (Å²) in [6.07, 6.45) is 1.20. The molecule has 0 aliphatic carbocycles. The van der Waals surface area contributed by atoms with Crippen LogP contribution in [0.4, 0.5) is 0 Å². The van der Waals surface area contributed by atoms with Crippen molar-refractivity contribution in [3.05, 3.63) is 58.6 Å². The Balaban J connectivity index is 1.33. The maximum Gasteiger partial charge on any atom is 0.254 e. The molecule has 4 rings (SSSR count). The van der Waals surface area contributed by atoms with Crippen LogP contribution in [-0.2, 0) is 0 Å². The molecular formula is C24H31ClN4O3. The van der Waals surface area contributed by atoms with Crippen LogP contribution in [0.5, 0.6) is 11.5 Å². The minimum Gasteiger partial charge on any atom is -0.490 e. The van der Waals surface area contributed by atoms with Crippen LogP contribution < -0.4 is 20.3 Å². The van der Waals surface area contributed by atoms with Crippen molar-refractivity contribution in [1.82, 2.24) is 20.7 Å². The summed E-state index contributed by atoms with van der Waals surface area (Å²) in [5, 5.41) is 0.748. The van der Waals surface area contributed by atoms with Crippen LogP contribution in [0.2, 0.25) is 5.02 Å². The van der Waals surface area contributed by atoms with Gasteiger partial charge >= 0.3 is 0 Å². The average Bonchev–Trinajstić information content (AvgIpc) is 3.31. The van der Waals surface area contributed by atoms with Crippen LogP contribution in [0.25, 0.3) is 0 Å². The number of rotatable bonds is 7. The molecule has 2 fully saturated rings. The van der Waals surface area contributed by atoms with Gasteiger partial charge in [-0.15, -0.1) is 0 Å². The standard InChI is InChI=1S/C24H31ClN4O3/c1-3-31-21-10-7-18(15-22(21)32-4-2)24(30)29-13-11-28(12-14-29)23-16-20(26-27-23)17-5-8-19(25)9-6-17/h5-10,15,20,23,26-27H,3-4,11-14,16H2,1-2H3. The Morgan fingerprint density at radius 2 is 1.66 bits per heavy atom. The first kappa shape index (κ1) is 22.9. The third-order valence-corrected chi connectivity index (χ3v) is 6.24. The Morgan fingerprint density at radius 3 is 2.34 bits per heavy atom. The number of carbonyl (C=O) groups is 1. The molecule has 0 aromatic heterocycles. The van der Waals surface area contributed by atoms with E-state index >= 15 is 0 Å². The fourth-order valence-corrected chi connectivity index (χ4v) is 4.42. The summed E-state index contributed by atoms with van der Waals surface area (Å²) in [5.74, 6) is 1.32. The van der Waals surface area contributed by atoms with Crippen molar-refractivity contribution in [2.24, 2.45) is 0 Å². The molecule has 2 saturated heterocycles. The van der Waals surface area contributed by atoms with Crippen LogP contribution in [-0.4, -0.2) is 61.3 Å². The van der Waals surface area contributed by atoms with Crippen molar-refractivity contribution in [3.8, 4) is 11.5 Å². The van der Waals surface area contributed by atoms with Crippen LogP contribution in [0.1, 0.15) is 42.2 Å². The number of carbonyl (C=O) groups excluding carboxylic acids is 1. The molecule has 172 valence electrons. The molecule has 2 aliphatic rings. The summed E-state index contributed by atoms with van der Waals surface area (Å²) >= 11 is 6.01. The van der Waals surface area contributed by atoms with E-state index in [0.29, 0.717) is 43.4 Å². The van der Waals surface area contributed by atoms with Gasteiger partial charge in [-0.1, -0.05) is 23.7 Å². The Hall–Kier alpha value is -2.32. The summed E-state index contributed by atoms with van der Waals surface area (Å²) < 4.78 is 11.3. The van der Waals surface area contributed by atoms with E-state index in [1.54, 1.807) is 6.07 Å². The maximum atomic E-state index is 13.1. The lowest BCUT2D eigenvalue weighted by atomic mass is 10.0. The molecule has 7 nitrogen and oxygen atoms in total. The molecule has 0 spiro atoms. The zero-order valence-electron chi connectivity index (χ0n) is 18.6. The van der Waals surface area contributed by atoms with E-state index in [-0.39, 0.29) is 18.1 Å². The van der Waals surface area contributed by atoms with E-state index in [2.05, 4.69) is 27.9 Å². The number of ether oxygens (including phenoxy) is 2. The summed E-state index contributed by atoms with van der Waals surface area (Å²) in [5.41, 5.74) is 8.66. The third kappa shape index (κ3) is 5.18. The molecule has 1 amide bonds. The Kier molecular flexibility index (Phi) is 7.52. The molecule has 2 N–H and O–H groups in total. The fraction of sp³-hybridized carbons (Fsp3) is 0.458. The van der Waals surface area contributed by atoms with E-state index < -0.39 is 0 Å². The second kappa shape index (κ2) is 10.5. The molecular weight excluding hydrogens is 428 g/mol. The first-order valence-corrected chi connectivity index (χ1v) is 11.7. The topological polar surface area (TPSA) is 66.1 Å². The van der Waals surface area contributed by atoms with Crippen LogP contribution >= 0.6 is 11.6 Å². The lowest BCUT2D eigenvalue weighted by molar-refractivity contribution is 0.0544. The third-order valence-electron chi connectivity index (χ3n) is 5.99. The van der Waals surface area contributed by atoms with Crippen molar-refractivity contribution in [2.45, 2.75) is 32.5 Å². The monoisotopic (exact) mass is 458 g/mol. The molecule has 2 atom stereocenters. The second-order valence-corrected chi connectivity index (χ2v) is 8.44. The van der Waals surface area contributed by atoms with Gasteiger partial charge in [0.2, 0.25) is 0 Å². The summed E-state index contributed by atoms with van der Waals surface area (Å²) in [6, 6.07) is 13.7. The average molecular weight is 459 g/mol. The number of hydrogen-bond acceptors (Lipinski definition) is 6. The highest BCUT2D eigenvalue weighted by atomic mass is 35.5. The molecule has 2 aromatic carbocycles. The van der Waals surface area contributed by atoms with Crippen molar-refractivity contribution >= 4 is 17.5 Å². The highest BCUT2D eigenvalue weighted by molar-refractivity contribution is 6.30. The smallest absolute Gasteiger partial charge is 0.254 e. The highest BCUT2D eigenvalue weighted by Crippen LogP contribution is 2.30. The van der Waals surface area contributed by atoms with E-state index in [4.69, 9.17) is 21.1 Å². The van der Waals surface area contributed by atoms with Crippen LogP contribution in [0.15, 0.2) is 42.5 Å². The molecule has 0 saturated carbocycles. The van der Waals surface area contributed by atoms with Gasteiger partial charge in [-0.2, -0.15) is 0 Å². The van der Waals surface area contributed by atoms with Crippen molar-refractivity contribution in [1.29, 1.82) is 0 Å². The van der Waals surface area contributed by atoms with Gasteiger partial charge in [-0.3, -0.25) is 9.69 Å². The number of nitrogens with zero attached hydrogens (tertiary/aromatic N) is 2. The van der Waals surface area contributed by atoms with Gasteiger partial charge in [0, 0.05) is 42.8 Å². The van der Waals surface area contributed by atoms with Crippen molar-refractivity contribution < 1.29 is 14.3 Å². The van der Waals surface area contributed by atoms with E-state index in [0.717, 1.165) is 24.5 Å². The van der Waals surface area contributed by atoms with Crippen molar-refractivity contribution in [2.75, 3.05) is 39.4 Å². The van der Waals surface area contributed by atoms with Gasteiger partial charge in [0.1, 0.15) is 0 Å². The summed E-state index contributed by atoms with van der Waals surface area (Å²) in [6.45, 7) is 7.97. The van der Waals surface area contributed by atoms with Gasteiger partial charge in [0.05, 0.1) is 19.4 Å². The molecule has 8 heteroatoms. The van der Waals surface area contributed by atoms with Gasteiger partial charge in [-0.05, 0) is 56.2 Å². The molecule has 2 aliphatic heterocycles. The summed E-state index contributed by atoms with van der Waals surface area (Å²) in [4.78, 5) is 17.4. The van der Waals surface area contributed by atoms with Crippen molar-refractivity contribution in [3.63, 3.8) is 0 Å². The molecule has 32 heavy (non-hydrogen) atoms. The van der Waals surface area contributed by atoms with Crippen LogP contribution in [0.3, 0.4) is 0 Å².